The second-order valence-electron chi connectivity index (χ2n) is 5.36. The summed E-state index contributed by atoms with van der Waals surface area (Å²) in [4.78, 5) is 29.6. The molecule has 0 saturated heterocycles. The normalized spacial score (nSPS) is 10.9. The minimum absolute atomic E-state index is 0.0179. The summed E-state index contributed by atoms with van der Waals surface area (Å²) in [6.07, 6.45) is 2.28. The molecule has 0 atom stereocenters. The lowest BCUT2D eigenvalue weighted by Gasteiger charge is -2.05. The van der Waals surface area contributed by atoms with Gasteiger partial charge in [0.25, 0.3) is 5.56 Å². The second-order valence-corrected chi connectivity index (χ2v) is 6.85. The Bertz CT molecular complexity index is 931. The predicted octanol–water partition coefficient (Wildman–Crippen LogP) is 3.30. The van der Waals surface area contributed by atoms with E-state index in [2.05, 4.69) is 10.3 Å². The molecular formula is C17H16ClN3O2S. The molecule has 24 heavy (non-hydrogen) atoms. The number of nitrogens with zero attached hydrogens (tertiary/aromatic N) is 2. The van der Waals surface area contributed by atoms with Crippen LogP contribution in [0.4, 0.5) is 0 Å². The van der Waals surface area contributed by atoms with Crippen molar-refractivity contribution in [3.8, 4) is 10.4 Å². The Labute approximate surface area is 147 Å². The summed E-state index contributed by atoms with van der Waals surface area (Å²) in [7, 11) is 0. The van der Waals surface area contributed by atoms with Crippen LogP contribution >= 0.6 is 22.9 Å². The van der Waals surface area contributed by atoms with Crippen molar-refractivity contribution in [1.29, 1.82) is 0 Å². The van der Waals surface area contributed by atoms with E-state index in [4.69, 9.17) is 11.6 Å². The third-order valence-electron chi connectivity index (χ3n) is 3.52. The third kappa shape index (κ3) is 3.49. The Hall–Kier alpha value is -2.18. The summed E-state index contributed by atoms with van der Waals surface area (Å²) >= 11 is 7.28. The fourth-order valence-electron chi connectivity index (χ4n) is 2.29. The van der Waals surface area contributed by atoms with Crippen LogP contribution in [0.5, 0.6) is 0 Å². The molecule has 0 fully saturated rings. The van der Waals surface area contributed by atoms with Crippen molar-refractivity contribution >= 4 is 39.1 Å². The first-order valence-corrected chi connectivity index (χ1v) is 8.79. The molecule has 0 spiro atoms. The fourth-order valence-corrected chi connectivity index (χ4v) is 3.48. The van der Waals surface area contributed by atoms with Gasteiger partial charge in [0.2, 0.25) is 5.91 Å². The molecule has 5 nitrogen and oxygen atoms in total. The van der Waals surface area contributed by atoms with Crippen LogP contribution < -0.4 is 10.9 Å². The number of amides is 1. The molecule has 1 aromatic carbocycles. The number of thiophene rings is 1. The molecule has 0 aliphatic heterocycles. The summed E-state index contributed by atoms with van der Waals surface area (Å²) in [5.74, 6) is -0.186. The highest BCUT2D eigenvalue weighted by molar-refractivity contribution is 7.22. The molecule has 2 heterocycles. The maximum atomic E-state index is 12.6. The molecule has 3 aromatic rings. The Morgan fingerprint density at radius 2 is 2.08 bits per heavy atom. The number of carbonyl (C=O) groups excluding carboxylic acids is 1. The highest BCUT2D eigenvalue weighted by atomic mass is 35.5. The molecule has 7 heteroatoms. The van der Waals surface area contributed by atoms with Gasteiger partial charge in [-0.25, -0.2) is 4.98 Å². The van der Waals surface area contributed by atoms with Gasteiger partial charge in [0.1, 0.15) is 11.2 Å². The monoisotopic (exact) mass is 361 g/mol. The van der Waals surface area contributed by atoms with Gasteiger partial charge in [-0.1, -0.05) is 30.7 Å². The number of carbonyl (C=O) groups is 1. The standard InChI is InChI=1S/C17H16ClN3O2S/c1-2-7-19-15(22)9-21-10-20-13-8-14(24-16(13)17(21)23)11-3-5-12(18)6-4-11/h3-6,8,10H,2,7,9H2,1H3,(H,19,22). The maximum absolute atomic E-state index is 12.6. The van der Waals surface area contributed by atoms with Crippen LogP contribution in [0.3, 0.4) is 0 Å². The van der Waals surface area contributed by atoms with Crippen LogP contribution in [0.15, 0.2) is 41.5 Å². The molecule has 1 amide bonds. The van der Waals surface area contributed by atoms with Gasteiger partial charge in [0.05, 0.1) is 11.8 Å². The average Bonchev–Trinajstić information content (AvgIpc) is 3.01. The van der Waals surface area contributed by atoms with Crippen LogP contribution in [-0.4, -0.2) is 22.0 Å². The molecule has 0 saturated carbocycles. The van der Waals surface area contributed by atoms with E-state index in [1.165, 1.54) is 22.2 Å². The minimum Gasteiger partial charge on any atom is -0.355 e. The number of hydrogen-bond acceptors (Lipinski definition) is 4. The molecule has 0 radical (unpaired) electrons. The highest BCUT2D eigenvalue weighted by Gasteiger charge is 2.12. The van der Waals surface area contributed by atoms with Crippen molar-refractivity contribution in [3.05, 3.63) is 52.0 Å². The summed E-state index contributed by atoms with van der Waals surface area (Å²) in [6.45, 7) is 2.56. The molecule has 0 bridgehead atoms. The van der Waals surface area contributed by atoms with E-state index in [1.54, 1.807) is 0 Å². The lowest BCUT2D eigenvalue weighted by molar-refractivity contribution is -0.121. The van der Waals surface area contributed by atoms with E-state index in [9.17, 15) is 9.59 Å². The number of aromatic nitrogens is 2. The van der Waals surface area contributed by atoms with Crippen molar-refractivity contribution in [2.24, 2.45) is 0 Å². The van der Waals surface area contributed by atoms with E-state index in [0.717, 1.165) is 16.9 Å². The second kappa shape index (κ2) is 7.15. The van der Waals surface area contributed by atoms with Crippen molar-refractivity contribution < 1.29 is 4.79 Å². The van der Waals surface area contributed by atoms with Gasteiger partial charge in [-0.05, 0) is 30.2 Å². The number of benzene rings is 1. The zero-order chi connectivity index (χ0) is 17.1. The van der Waals surface area contributed by atoms with E-state index in [-0.39, 0.29) is 18.0 Å². The number of nitrogens with one attached hydrogen (secondary N) is 1. The first-order valence-electron chi connectivity index (χ1n) is 7.60. The molecule has 0 unspecified atom stereocenters. The lowest BCUT2D eigenvalue weighted by atomic mass is 10.2. The summed E-state index contributed by atoms with van der Waals surface area (Å²) in [5.41, 5.74) is 1.42. The summed E-state index contributed by atoms with van der Waals surface area (Å²) in [5, 5.41) is 3.42. The van der Waals surface area contributed by atoms with Crippen LogP contribution in [0.2, 0.25) is 5.02 Å². The molecule has 0 aliphatic carbocycles. The van der Waals surface area contributed by atoms with E-state index < -0.39 is 0 Å². The first kappa shape index (κ1) is 16.7. The van der Waals surface area contributed by atoms with Gasteiger partial charge < -0.3 is 5.32 Å². The van der Waals surface area contributed by atoms with Crippen LogP contribution in [0.25, 0.3) is 20.7 Å². The Morgan fingerprint density at radius 3 is 2.79 bits per heavy atom. The molecule has 1 N–H and O–H groups in total. The molecule has 2 aromatic heterocycles. The van der Waals surface area contributed by atoms with Crippen molar-refractivity contribution in [3.63, 3.8) is 0 Å². The lowest BCUT2D eigenvalue weighted by Crippen LogP contribution is -2.32. The number of halogens is 1. The van der Waals surface area contributed by atoms with Crippen LogP contribution in [0, 0.1) is 0 Å². The number of fused-ring (bicyclic) bond motifs is 1. The molecule has 124 valence electrons. The van der Waals surface area contributed by atoms with E-state index in [1.807, 2.05) is 37.3 Å². The molecular weight excluding hydrogens is 346 g/mol. The minimum atomic E-state index is -0.197. The zero-order valence-corrected chi connectivity index (χ0v) is 14.7. The van der Waals surface area contributed by atoms with Crippen LogP contribution in [0.1, 0.15) is 13.3 Å². The Kier molecular flexibility index (Phi) is 4.97. The number of rotatable bonds is 5. The largest absolute Gasteiger partial charge is 0.355 e. The zero-order valence-electron chi connectivity index (χ0n) is 13.1. The average molecular weight is 362 g/mol. The van der Waals surface area contributed by atoms with E-state index >= 15 is 0 Å². The van der Waals surface area contributed by atoms with Gasteiger partial charge in [0, 0.05) is 16.4 Å². The maximum Gasteiger partial charge on any atom is 0.271 e. The highest BCUT2D eigenvalue weighted by Crippen LogP contribution is 2.31. The Morgan fingerprint density at radius 1 is 1.33 bits per heavy atom. The van der Waals surface area contributed by atoms with Gasteiger partial charge in [-0.15, -0.1) is 11.3 Å². The molecule has 0 aliphatic rings. The molecule has 3 rings (SSSR count). The van der Waals surface area contributed by atoms with Crippen molar-refractivity contribution in [2.75, 3.05) is 6.54 Å². The smallest absolute Gasteiger partial charge is 0.271 e. The third-order valence-corrected chi connectivity index (χ3v) is 4.93. The van der Waals surface area contributed by atoms with Crippen molar-refractivity contribution in [2.45, 2.75) is 19.9 Å². The van der Waals surface area contributed by atoms with Gasteiger partial charge in [-0.3, -0.25) is 14.2 Å². The first-order chi connectivity index (χ1) is 11.6. The van der Waals surface area contributed by atoms with Gasteiger partial charge >= 0.3 is 0 Å². The van der Waals surface area contributed by atoms with Gasteiger partial charge in [-0.2, -0.15) is 0 Å². The number of hydrogen-bond donors (Lipinski definition) is 1. The van der Waals surface area contributed by atoms with E-state index in [0.29, 0.717) is 21.8 Å². The fraction of sp³-hybridized carbons (Fsp3) is 0.235. The topological polar surface area (TPSA) is 64.0 Å². The predicted molar refractivity (Wildman–Crippen MR) is 97.6 cm³/mol. The van der Waals surface area contributed by atoms with Crippen molar-refractivity contribution in [1.82, 2.24) is 14.9 Å². The quantitative estimate of drug-likeness (QED) is 0.758. The van der Waals surface area contributed by atoms with Crippen LogP contribution in [-0.2, 0) is 11.3 Å². The summed E-state index contributed by atoms with van der Waals surface area (Å²) in [6, 6.07) is 9.32. The SMILES string of the molecule is CCCNC(=O)Cn1cnc2cc(-c3ccc(Cl)cc3)sc2c1=O. The van der Waals surface area contributed by atoms with Gasteiger partial charge in [0.15, 0.2) is 0 Å². The summed E-state index contributed by atoms with van der Waals surface area (Å²) < 4.78 is 1.89. The Balaban J connectivity index is 1.93.